The first-order valence-corrected chi connectivity index (χ1v) is 9.17. The van der Waals surface area contributed by atoms with Gasteiger partial charge in [-0.3, -0.25) is 10.1 Å². The summed E-state index contributed by atoms with van der Waals surface area (Å²) in [6.07, 6.45) is 2.30. The van der Waals surface area contributed by atoms with Crippen molar-refractivity contribution in [2.75, 3.05) is 25.5 Å². The summed E-state index contributed by atoms with van der Waals surface area (Å²) in [5.41, 5.74) is 0.399. The minimum atomic E-state index is -0.677. The molecule has 2 rings (SSSR count). The summed E-state index contributed by atoms with van der Waals surface area (Å²) < 4.78 is 10.6. The lowest BCUT2D eigenvalue weighted by molar-refractivity contribution is -0.123. The summed E-state index contributed by atoms with van der Waals surface area (Å²) in [5, 5.41) is 4.50. The van der Waals surface area contributed by atoms with Gasteiger partial charge < -0.3 is 14.8 Å². The molecule has 1 atom stereocenters. The highest BCUT2D eigenvalue weighted by molar-refractivity contribution is 7.99. The van der Waals surface area contributed by atoms with Gasteiger partial charge in [-0.15, -0.1) is 11.8 Å². The van der Waals surface area contributed by atoms with E-state index in [1.807, 2.05) is 12.1 Å². The molecule has 25 heavy (non-hydrogen) atoms. The van der Waals surface area contributed by atoms with Crippen LogP contribution < -0.4 is 10.6 Å². The zero-order valence-corrected chi connectivity index (χ0v) is 14.9. The Labute approximate surface area is 150 Å². The van der Waals surface area contributed by atoms with Crippen molar-refractivity contribution in [3.8, 4) is 0 Å². The molecule has 7 nitrogen and oxygen atoms in total. The molecule has 3 amide bonds. The fraction of sp³-hybridized carbons (Fsp3) is 0.471. The van der Waals surface area contributed by atoms with E-state index in [1.165, 1.54) is 11.8 Å². The molecule has 136 valence electrons. The lowest BCUT2D eigenvalue weighted by Crippen LogP contribution is -2.41. The number of imide groups is 1. The number of hydrogen-bond acceptors (Lipinski definition) is 6. The number of carbonyl (C=O) groups is 3. The highest BCUT2D eigenvalue weighted by Crippen LogP contribution is 2.27. The number of carbonyl (C=O) groups excluding carboxylic acids is 3. The second-order valence-electron chi connectivity index (χ2n) is 5.43. The molecule has 0 aromatic heterocycles. The van der Waals surface area contributed by atoms with Crippen molar-refractivity contribution < 1.29 is 23.9 Å². The molecular formula is C17H22N2O5S. The monoisotopic (exact) mass is 366 g/mol. The van der Waals surface area contributed by atoms with E-state index in [2.05, 4.69) is 10.6 Å². The van der Waals surface area contributed by atoms with Crippen LogP contribution in [-0.2, 0) is 14.3 Å². The number of amides is 3. The largest absolute Gasteiger partial charge is 0.452 e. The average Bonchev–Trinajstić information content (AvgIpc) is 3.12. The van der Waals surface area contributed by atoms with Gasteiger partial charge in [-0.25, -0.2) is 9.59 Å². The zero-order chi connectivity index (χ0) is 18.1. The fourth-order valence-electron chi connectivity index (χ4n) is 2.30. The van der Waals surface area contributed by atoms with Gasteiger partial charge in [-0.1, -0.05) is 12.1 Å². The van der Waals surface area contributed by atoms with Gasteiger partial charge in [0.2, 0.25) is 0 Å². The normalized spacial score (nSPS) is 16.3. The topological polar surface area (TPSA) is 93.7 Å². The Hall–Kier alpha value is -2.06. The minimum absolute atomic E-state index is 0.205. The Balaban J connectivity index is 1.86. The maximum atomic E-state index is 12.2. The lowest BCUT2D eigenvalue weighted by Gasteiger charge is -2.12. The van der Waals surface area contributed by atoms with Crippen molar-refractivity contribution in [3.05, 3.63) is 29.8 Å². The van der Waals surface area contributed by atoms with E-state index in [-0.39, 0.29) is 6.10 Å². The Morgan fingerprint density at radius 3 is 2.84 bits per heavy atom. The van der Waals surface area contributed by atoms with Crippen molar-refractivity contribution in [1.82, 2.24) is 10.6 Å². The van der Waals surface area contributed by atoms with Crippen LogP contribution in [0.3, 0.4) is 0 Å². The molecule has 0 bridgehead atoms. The van der Waals surface area contributed by atoms with Crippen LogP contribution >= 0.6 is 11.8 Å². The number of hydrogen-bond donors (Lipinski definition) is 2. The van der Waals surface area contributed by atoms with Crippen LogP contribution in [0.25, 0.3) is 0 Å². The summed E-state index contributed by atoms with van der Waals surface area (Å²) in [6.45, 7) is 2.40. The summed E-state index contributed by atoms with van der Waals surface area (Å²) in [5.74, 6) is -0.507. The first kappa shape index (κ1) is 19.3. The lowest BCUT2D eigenvalue weighted by atomic mass is 10.2. The summed E-state index contributed by atoms with van der Waals surface area (Å²) in [6, 6.07) is 6.46. The molecule has 1 aliphatic heterocycles. The van der Waals surface area contributed by atoms with Crippen LogP contribution in [0.5, 0.6) is 0 Å². The van der Waals surface area contributed by atoms with Gasteiger partial charge in [0.15, 0.2) is 6.61 Å². The molecule has 8 heteroatoms. The van der Waals surface area contributed by atoms with Gasteiger partial charge in [-0.2, -0.15) is 0 Å². The van der Waals surface area contributed by atoms with Gasteiger partial charge in [0.1, 0.15) is 0 Å². The van der Waals surface area contributed by atoms with Crippen LogP contribution in [0, 0.1) is 0 Å². The van der Waals surface area contributed by atoms with Crippen molar-refractivity contribution >= 4 is 29.7 Å². The maximum Gasteiger partial charge on any atom is 0.339 e. The van der Waals surface area contributed by atoms with E-state index in [0.717, 1.165) is 30.1 Å². The molecular weight excluding hydrogens is 344 g/mol. The van der Waals surface area contributed by atoms with Gasteiger partial charge in [0.25, 0.3) is 5.91 Å². The molecule has 1 aliphatic rings. The van der Waals surface area contributed by atoms with Crippen LogP contribution in [0.2, 0.25) is 0 Å². The first-order chi connectivity index (χ1) is 12.1. The van der Waals surface area contributed by atoms with Crippen molar-refractivity contribution in [2.24, 2.45) is 0 Å². The highest BCUT2D eigenvalue weighted by Gasteiger charge is 2.19. The molecule has 1 fully saturated rings. The Morgan fingerprint density at radius 2 is 2.12 bits per heavy atom. The van der Waals surface area contributed by atoms with Crippen molar-refractivity contribution in [1.29, 1.82) is 0 Å². The van der Waals surface area contributed by atoms with Crippen LogP contribution in [-0.4, -0.2) is 49.5 Å². The predicted molar refractivity (Wildman–Crippen MR) is 93.6 cm³/mol. The van der Waals surface area contributed by atoms with Crippen molar-refractivity contribution in [2.45, 2.75) is 30.8 Å². The predicted octanol–water partition coefficient (Wildman–Crippen LogP) is 1.96. The second kappa shape index (κ2) is 10.0. The maximum absolute atomic E-state index is 12.2. The molecule has 0 saturated carbocycles. The SMILES string of the molecule is CCNC(=O)NC(=O)COC(=O)c1ccccc1SC[C@@H]1CCCO1. The second-order valence-corrected chi connectivity index (χ2v) is 6.49. The molecule has 1 aromatic carbocycles. The third kappa shape index (κ3) is 6.39. The summed E-state index contributed by atoms with van der Waals surface area (Å²) >= 11 is 1.53. The number of urea groups is 1. The molecule has 1 heterocycles. The van der Waals surface area contributed by atoms with Crippen LogP contribution in [0.1, 0.15) is 30.1 Å². The number of ether oxygens (including phenoxy) is 2. The van der Waals surface area contributed by atoms with E-state index in [9.17, 15) is 14.4 Å². The van der Waals surface area contributed by atoms with Crippen LogP contribution in [0.15, 0.2) is 29.2 Å². The molecule has 0 spiro atoms. The van der Waals surface area contributed by atoms with Crippen molar-refractivity contribution in [3.63, 3.8) is 0 Å². The van der Waals surface area contributed by atoms with Gasteiger partial charge in [-0.05, 0) is 31.9 Å². The van der Waals surface area contributed by atoms with E-state index in [1.54, 1.807) is 19.1 Å². The van der Waals surface area contributed by atoms with E-state index in [0.29, 0.717) is 12.1 Å². The Bertz CT molecular complexity index is 617. The van der Waals surface area contributed by atoms with Gasteiger partial charge >= 0.3 is 12.0 Å². The summed E-state index contributed by atoms with van der Waals surface area (Å²) in [4.78, 5) is 35.8. The molecule has 0 aliphatic carbocycles. The Morgan fingerprint density at radius 1 is 1.32 bits per heavy atom. The molecule has 2 N–H and O–H groups in total. The number of nitrogens with one attached hydrogen (secondary N) is 2. The third-order valence-electron chi connectivity index (χ3n) is 3.48. The standard InChI is InChI=1S/C17H22N2O5S/c1-2-18-17(22)19-15(20)10-24-16(21)13-7-3-4-8-14(13)25-11-12-6-5-9-23-12/h3-4,7-8,12H,2,5-6,9-11H2,1H3,(H2,18,19,20,22)/t12-/m0/s1. The van der Waals surface area contributed by atoms with E-state index in [4.69, 9.17) is 9.47 Å². The van der Waals surface area contributed by atoms with Gasteiger partial charge in [0, 0.05) is 23.8 Å². The first-order valence-electron chi connectivity index (χ1n) is 8.18. The van der Waals surface area contributed by atoms with E-state index < -0.39 is 24.5 Å². The van der Waals surface area contributed by atoms with Crippen LogP contribution in [0.4, 0.5) is 4.79 Å². The Kier molecular flexibility index (Phi) is 7.75. The van der Waals surface area contributed by atoms with Gasteiger partial charge in [0.05, 0.1) is 11.7 Å². The molecule has 1 aromatic rings. The fourth-order valence-corrected chi connectivity index (χ4v) is 3.41. The smallest absolute Gasteiger partial charge is 0.339 e. The zero-order valence-electron chi connectivity index (χ0n) is 14.1. The average molecular weight is 366 g/mol. The number of rotatable bonds is 7. The third-order valence-corrected chi connectivity index (χ3v) is 4.69. The number of esters is 1. The van der Waals surface area contributed by atoms with E-state index >= 15 is 0 Å². The quantitative estimate of drug-likeness (QED) is 0.566. The highest BCUT2D eigenvalue weighted by atomic mass is 32.2. The number of benzene rings is 1. The number of thioether (sulfide) groups is 1. The minimum Gasteiger partial charge on any atom is -0.452 e. The molecule has 0 radical (unpaired) electrons. The molecule has 0 unspecified atom stereocenters. The molecule has 1 saturated heterocycles. The summed E-state index contributed by atoms with van der Waals surface area (Å²) in [7, 11) is 0.